The second-order valence-electron chi connectivity index (χ2n) is 10.4. The number of halogens is 8. The maximum Gasteiger partial charge on any atom is 0.435 e. The van der Waals surface area contributed by atoms with Crippen molar-refractivity contribution in [2.75, 3.05) is 0 Å². The molecule has 0 aliphatic carbocycles. The van der Waals surface area contributed by atoms with Gasteiger partial charge in [-0.2, -0.15) is 39.2 Å². The zero-order chi connectivity index (χ0) is 34.3. The van der Waals surface area contributed by atoms with E-state index in [9.17, 15) is 39.2 Å². The fourth-order valence-corrected chi connectivity index (χ4v) is 5.19. The van der Waals surface area contributed by atoms with E-state index in [4.69, 9.17) is 4.55 Å². The van der Waals surface area contributed by atoms with Crippen LogP contribution in [0.25, 0.3) is 45.3 Å². The Balaban J connectivity index is 1.56. The summed E-state index contributed by atoms with van der Waals surface area (Å²) in [5.74, 6) is -6.07. The van der Waals surface area contributed by atoms with Crippen molar-refractivity contribution in [2.24, 2.45) is 0 Å². The topological polar surface area (TPSA) is 93.0 Å². The first-order valence-corrected chi connectivity index (χ1v) is 14.9. The van der Waals surface area contributed by atoms with Gasteiger partial charge in [0.1, 0.15) is 0 Å². The number of nitrogens with zero attached hydrogens (tertiary/aromatic N) is 3. The maximum atomic E-state index is 15.2. The number of benzene rings is 4. The van der Waals surface area contributed by atoms with Crippen molar-refractivity contribution in [3.63, 3.8) is 0 Å². The van der Waals surface area contributed by atoms with Crippen LogP contribution in [0.2, 0.25) is 0 Å². The average molecular weight is 680 g/mol. The molecule has 1 unspecified atom stereocenters. The molecule has 1 aromatic heterocycles. The van der Waals surface area contributed by atoms with E-state index >= 15 is 4.39 Å². The molecule has 0 spiro atoms. The summed E-state index contributed by atoms with van der Waals surface area (Å²) in [5, 5.41) is -6.81. The molecule has 1 N–H and O–H groups in total. The van der Waals surface area contributed by atoms with Crippen LogP contribution in [0.5, 0.6) is 0 Å². The highest BCUT2D eigenvalue weighted by Crippen LogP contribution is 2.55. The van der Waals surface area contributed by atoms with E-state index in [2.05, 4.69) is 15.0 Å². The summed E-state index contributed by atoms with van der Waals surface area (Å²) in [6.07, 6.45) is -9.09. The van der Waals surface area contributed by atoms with Gasteiger partial charge in [0.2, 0.25) is 0 Å². The van der Waals surface area contributed by atoms with E-state index in [1.165, 1.54) is 18.2 Å². The Morgan fingerprint density at radius 3 is 1.40 bits per heavy atom. The molecular formula is C32H21F8N3O3S. The quantitative estimate of drug-likeness (QED) is 0.124. The molecule has 5 rings (SSSR count). The third-order valence-corrected chi connectivity index (χ3v) is 8.07. The van der Waals surface area contributed by atoms with Crippen LogP contribution in [-0.4, -0.2) is 50.9 Å². The lowest BCUT2D eigenvalue weighted by Crippen LogP contribution is -2.66. The normalized spacial score (nSPS) is 14.1. The van der Waals surface area contributed by atoms with Gasteiger partial charge in [-0.3, -0.25) is 4.55 Å². The van der Waals surface area contributed by atoms with Gasteiger partial charge in [0, 0.05) is 23.1 Å². The lowest BCUT2D eigenvalue weighted by atomic mass is 9.88. The van der Waals surface area contributed by atoms with Crippen LogP contribution in [0, 0.1) is 0 Å². The molecule has 0 radical (unpaired) electrons. The molecule has 47 heavy (non-hydrogen) atoms. The van der Waals surface area contributed by atoms with Gasteiger partial charge in [-0.15, -0.1) is 0 Å². The van der Waals surface area contributed by atoms with Gasteiger partial charge in [0.05, 0.1) is 0 Å². The van der Waals surface area contributed by atoms with Crippen molar-refractivity contribution >= 4 is 10.1 Å². The highest BCUT2D eigenvalue weighted by Gasteiger charge is 2.83. The Morgan fingerprint density at radius 2 is 0.936 bits per heavy atom. The van der Waals surface area contributed by atoms with Crippen molar-refractivity contribution < 1.29 is 48.1 Å². The molecule has 4 aromatic carbocycles. The van der Waals surface area contributed by atoms with Crippen LogP contribution >= 0.6 is 0 Å². The van der Waals surface area contributed by atoms with Gasteiger partial charge in [-0.25, -0.2) is 19.3 Å². The molecule has 6 nitrogen and oxygen atoms in total. The summed E-state index contributed by atoms with van der Waals surface area (Å²) < 4.78 is 143. The number of rotatable bonds is 9. The number of hydrogen-bond acceptors (Lipinski definition) is 5. The summed E-state index contributed by atoms with van der Waals surface area (Å²) in [6.45, 7) is 0. The Kier molecular flexibility index (Phi) is 8.66. The fourth-order valence-electron chi connectivity index (χ4n) is 4.70. The maximum absolute atomic E-state index is 15.2. The van der Waals surface area contributed by atoms with Gasteiger partial charge in [-0.05, 0) is 22.8 Å². The van der Waals surface area contributed by atoms with Crippen molar-refractivity contribution in [3.05, 3.63) is 115 Å². The summed E-state index contributed by atoms with van der Waals surface area (Å²) >= 11 is 0. The third kappa shape index (κ3) is 6.32. The molecule has 1 heterocycles. The summed E-state index contributed by atoms with van der Waals surface area (Å²) in [7, 11) is -7.16. The number of aromatic nitrogens is 3. The molecule has 0 fully saturated rings. The van der Waals surface area contributed by atoms with Gasteiger partial charge in [-0.1, -0.05) is 103 Å². The van der Waals surface area contributed by atoms with E-state index in [0.29, 0.717) is 28.3 Å². The summed E-state index contributed by atoms with van der Waals surface area (Å²) in [6, 6.07) is 28.2. The molecule has 0 saturated carbocycles. The zero-order valence-electron chi connectivity index (χ0n) is 23.6. The fraction of sp³-hybridized carbons (Fsp3) is 0.156. The van der Waals surface area contributed by atoms with Gasteiger partial charge >= 0.3 is 27.5 Å². The van der Waals surface area contributed by atoms with E-state index in [-0.39, 0.29) is 17.0 Å². The number of hydrogen-bond donors (Lipinski definition) is 1. The van der Waals surface area contributed by atoms with Crippen LogP contribution in [0.4, 0.5) is 35.1 Å². The summed E-state index contributed by atoms with van der Waals surface area (Å²) in [5.41, 5.74) is -4.83. The molecule has 244 valence electrons. The minimum atomic E-state index is -7.16. The lowest BCUT2D eigenvalue weighted by molar-refractivity contribution is -0.336. The standard InChI is InChI=1S/C32H21F8N3O3S/c33-29(31(36,37)38,30(34,35)32(39,40)47(44,45)46)19-20-9-7-14-23(17-20)24-15-8-16-25(18-24)28-42-26(21-10-3-1-4-11-21)41-27(43-28)22-12-5-2-6-13-22/h1-18H,19H2,(H,44,45,46). The van der Waals surface area contributed by atoms with Crippen molar-refractivity contribution in [1.29, 1.82) is 0 Å². The molecule has 0 amide bonds. The van der Waals surface area contributed by atoms with Crippen LogP contribution < -0.4 is 0 Å². The molecular weight excluding hydrogens is 658 g/mol. The first-order chi connectivity index (χ1) is 21.9. The largest absolute Gasteiger partial charge is 0.435 e. The SMILES string of the molecule is O=S(=O)(O)C(F)(F)C(F)(F)C(F)(Cc1cccc(-c2cccc(-c3nc(-c4ccccc4)nc(-c4ccccc4)n3)c2)c1)C(F)(F)F. The molecule has 0 aliphatic rings. The molecule has 15 heteroatoms. The van der Waals surface area contributed by atoms with Crippen molar-refractivity contribution in [3.8, 4) is 45.3 Å². The van der Waals surface area contributed by atoms with E-state index in [1.807, 2.05) is 12.1 Å². The Bertz CT molecular complexity index is 1950. The second kappa shape index (κ2) is 12.1. The van der Waals surface area contributed by atoms with Crippen molar-refractivity contribution in [1.82, 2.24) is 15.0 Å². The van der Waals surface area contributed by atoms with Crippen LogP contribution in [0.15, 0.2) is 109 Å². The molecule has 0 bridgehead atoms. The molecule has 5 aromatic rings. The van der Waals surface area contributed by atoms with E-state index in [0.717, 1.165) is 18.2 Å². The second-order valence-corrected chi connectivity index (χ2v) is 11.8. The molecule has 0 saturated heterocycles. The van der Waals surface area contributed by atoms with Gasteiger partial charge in [0.15, 0.2) is 17.5 Å². The Morgan fingerprint density at radius 1 is 0.532 bits per heavy atom. The minimum absolute atomic E-state index is 0.0688. The Labute approximate surface area is 262 Å². The zero-order valence-corrected chi connectivity index (χ0v) is 24.5. The van der Waals surface area contributed by atoms with E-state index < -0.39 is 45.1 Å². The average Bonchev–Trinajstić information content (AvgIpc) is 3.04. The van der Waals surface area contributed by atoms with Crippen LogP contribution in [0.1, 0.15) is 5.56 Å². The van der Waals surface area contributed by atoms with Crippen molar-refractivity contribution in [2.45, 2.75) is 29.4 Å². The highest BCUT2D eigenvalue weighted by molar-refractivity contribution is 7.87. The van der Waals surface area contributed by atoms with Gasteiger partial charge < -0.3 is 0 Å². The monoisotopic (exact) mass is 679 g/mol. The number of alkyl halides is 8. The van der Waals surface area contributed by atoms with E-state index in [1.54, 1.807) is 60.7 Å². The minimum Gasteiger partial charge on any atom is -0.281 e. The Hall–Kier alpha value is -4.76. The predicted molar refractivity (Wildman–Crippen MR) is 157 cm³/mol. The third-order valence-electron chi connectivity index (χ3n) is 7.16. The summed E-state index contributed by atoms with van der Waals surface area (Å²) in [4.78, 5) is 13.7. The predicted octanol–water partition coefficient (Wildman–Crippen LogP) is 8.47. The first-order valence-electron chi connectivity index (χ1n) is 13.5. The van der Waals surface area contributed by atoms with Crippen LogP contribution in [0.3, 0.4) is 0 Å². The highest BCUT2D eigenvalue weighted by atomic mass is 32.2. The van der Waals surface area contributed by atoms with Crippen LogP contribution in [-0.2, 0) is 16.5 Å². The molecule has 1 atom stereocenters. The molecule has 0 aliphatic heterocycles. The first kappa shape index (κ1) is 33.6. The smallest absolute Gasteiger partial charge is 0.281 e. The van der Waals surface area contributed by atoms with Gasteiger partial charge in [0.25, 0.3) is 5.67 Å². The lowest BCUT2D eigenvalue weighted by Gasteiger charge is -2.37.